The van der Waals surface area contributed by atoms with Gasteiger partial charge in [0.05, 0.1) is 0 Å². The lowest BCUT2D eigenvalue weighted by atomic mass is 9.99. The first kappa shape index (κ1) is 15.3. The highest BCUT2D eigenvalue weighted by Gasteiger charge is 2.28. The third-order valence-electron chi connectivity index (χ3n) is 4.74. The molecule has 0 aliphatic carbocycles. The van der Waals surface area contributed by atoms with Crippen molar-refractivity contribution >= 4 is 0 Å². The Morgan fingerprint density at radius 2 is 1.58 bits per heavy atom. The van der Waals surface area contributed by atoms with Crippen molar-refractivity contribution in [2.75, 3.05) is 19.6 Å². The Labute approximate surface area is 119 Å². The maximum Gasteiger partial charge on any atom is 0.0239 e. The van der Waals surface area contributed by atoms with Gasteiger partial charge in [-0.25, -0.2) is 5.01 Å². The molecular weight excluding hydrogens is 234 g/mol. The zero-order valence-corrected chi connectivity index (χ0v) is 13.4. The second kappa shape index (κ2) is 7.05. The summed E-state index contributed by atoms with van der Waals surface area (Å²) in [7, 11) is 0. The van der Waals surface area contributed by atoms with E-state index in [1.54, 1.807) is 0 Å². The van der Waals surface area contributed by atoms with E-state index in [0.29, 0.717) is 18.1 Å². The van der Waals surface area contributed by atoms with E-state index in [2.05, 4.69) is 43.0 Å². The van der Waals surface area contributed by atoms with Crippen LogP contribution in [0.5, 0.6) is 0 Å². The van der Waals surface area contributed by atoms with Gasteiger partial charge in [0.15, 0.2) is 0 Å². The second-order valence-electron chi connectivity index (χ2n) is 7.13. The molecule has 2 aliphatic rings. The second-order valence-corrected chi connectivity index (χ2v) is 7.13. The highest BCUT2D eigenvalue weighted by Crippen LogP contribution is 2.22. The lowest BCUT2D eigenvalue weighted by Gasteiger charge is -2.43. The summed E-state index contributed by atoms with van der Waals surface area (Å²) in [6, 6.07) is 2.11. The number of hydrazine groups is 1. The van der Waals surface area contributed by atoms with Crippen LogP contribution in [0, 0.1) is 5.92 Å². The number of nitrogens with one attached hydrogen (secondary N) is 1. The van der Waals surface area contributed by atoms with Crippen LogP contribution < -0.4 is 5.43 Å². The van der Waals surface area contributed by atoms with Gasteiger partial charge in [-0.1, -0.05) is 20.3 Å². The van der Waals surface area contributed by atoms with Crippen LogP contribution in [-0.4, -0.2) is 47.7 Å². The van der Waals surface area contributed by atoms with Crippen LogP contribution >= 0.6 is 0 Å². The van der Waals surface area contributed by atoms with Gasteiger partial charge in [0, 0.05) is 24.7 Å². The number of hydrogen-bond acceptors (Lipinski definition) is 3. The van der Waals surface area contributed by atoms with Gasteiger partial charge in [0.25, 0.3) is 0 Å². The van der Waals surface area contributed by atoms with Crippen LogP contribution in [0.1, 0.15) is 59.8 Å². The Bertz CT molecular complexity index is 249. The van der Waals surface area contributed by atoms with E-state index in [1.807, 2.05) is 0 Å². The molecule has 3 nitrogen and oxygen atoms in total. The quantitative estimate of drug-likeness (QED) is 0.845. The highest BCUT2D eigenvalue weighted by molar-refractivity contribution is 4.82. The van der Waals surface area contributed by atoms with Crippen LogP contribution in [0.25, 0.3) is 0 Å². The van der Waals surface area contributed by atoms with Gasteiger partial charge in [0.1, 0.15) is 0 Å². The summed E-state index contributed by atoms with van der Waals surface area (Å²) in [4.78, 5) is 2.63. The van der Waals surface area contributed by atoms with Gasteiger partial charge in [-0.05, 0) is 58.5 Å². The molecule has 2 aliphatic heterocycles. The van der Waals surface area contributed by atoms with Crippen molar-refractivity contribution in [3.63, 3.8) is 0 Å². The summed E-state index contributed by atoms with van der Waals surface area (Å²) >= 11 is 0. The van der Waals surface area contributed by atoms with Crippen molar-refractivity contribution in [3.05, 3.63) is 0 Å². The average molecular weight is 267 g/mol. The van der Waals surface area contributed by atoms with Crippen LogP contribution in [-0.2, 0) is 0 Å². The lowest BCUT2D eigenvalue weighted by molar-refractivity contribution is 0.0155. The van der Waals surface area contributed by atoms with Crippen LogP contribution in [0.3, 0.4) is 0 Å². The van der Waals surface area contributed by atoms with Crippen LogP contribution in [0.4, 0.5) is 0 Å². The Balaban J connectivity index is 1.75. The zero-order valence-electron chi connectivity index (χ0n) is 13.4. The topological polar surface area (TPSA) is 18.5 Å². The van der Waals surface area contributed by atoms with E-state index >= 15 is 0 Å². The molecule has 2 fully saturated rings. The van der Waals surface area contributed by atoms with Crippen molar-refractivity contribution in [3.8, 4) is 0 Å². The molecule has 19 heavy (non-hydrogen) atoms. The summed E-state index contributed by atoms with van der Waals surface area (Å²) in [5, 5.41) is 2.55. The van der Waals surface area contributed by atoms with Crippen LogP contribution in [0.2, 0.25) is 0 Å². The molecule has 2 unspecified atom stereocenters. The predicted octanol–water partition coefficient (Wildman–Crippen LogP) is 2.87. The maximum absolute atomic E-state index is 3.84. The summed E-state index contributed by atoms with van der Waals surface area (Å²) in [5.41, 5.74) is 3.84. The minimum Gasteiger partial charge on any atom is -0.303 e. The molecule has 0 aromatic rings. The van der Waals surface area contributed by atoms with Crippen molar-refractivity contribution in [2.24, 2.45) is 5.92 Å². The Hall–Kier alpha value is -0.120. The van der Waals surface area contributed by atoms with Gasteiger partial charge < -0.3 is 4.90 Å². The van der Waals surface area contributed by atoms with Crippen molar-refractivity contribution in [1.29, 1.82) is 0 Å². The van der Waals surface area contributed by atoms with Gasteiger partial charge in [-0.2, -0.15) is 0 Å². The highest BCUT2D eigenvalue weighted by atomic mass is 15.5. The monoisotopic (exact) mass is 267 g/mol. The molecule has 0 amide bonds. The largest absolute Gasteiger partial charge is 0.303 e. The molecule has 0 spiro atoms. The van der Waals surface area contributed by atoms with Crippen LogP contribution in [0.15, 0.2) is 0 Å². The summed E-state index contributed by atoms with van der Waals surface area (Å²) in [6.07, 6.45) is 6.71. The zero-order chi connectivity index (χ0) is 13.8. The smallest absolute Gasteiger partial charge is 0.0239 e. The number of rotatable bonds is 4. The predicted molar refractivity (Wildman–Crippen MR) is 82.0 cm³/mol. The first-order valence-electron chi connectivity index (χ1n) is 8.33. The maximum atomic E-state index is 3.84. The molecule has 0 radical (unpaired) electrons. The molecule has 3 heteroatoms. The van der Waals surface area contributed by atoms with Crippen molar-refractivity contribution < 1.29 is 0 Å². The van der Waals surface area contributed by atoms with E-state index in [-0.39, 0.29) is 0 Å². The van der Waals surface area contributed by atoms with E-state index in [4.69, 9.17) is 0 Å². The Morgan fingerprint density at radius 1 is 1.00 bits per heavy atom. The molecule has 112 valence electrons. The molecule has 0 bridgehead atoms. The third-order valence-corrected chi connectivity index (χ3v) is 4.74. The van der Waals surface area contributed by atoms with Crippen molar-refractivity contribution in [1.82, 2.24) is 15.3 Å². The summed E-state index contributed by atoms with van der Waals surface area (Å²) in [5.74, 6) is 0.798. The van der Waals surface area contributed by atoms with E-state index in [1.165, 1.54) is 51.7 Å². The first-order valence-corrected chi connectivity index (χ1v) is 8.33. The SMILES string of the molecule is CC(C)CN1CCC(NN2C(C)CCCC2C)CC1. The molecule has 2 atom stereocenters. The Kier molecular flexibility index (Phi) is 5.67. The molecule has 0 aromatic carbocycles. The van der Waals surface area contributed by atoms with Gasteiger partial charge in [-0.15, -0.1) is 0 Å². The molecule has 1 N–H and O–H groups in total. The van der Waals surface area contributed by atoms with E-state index < -0.39 is 0 Å². The Morgan fingerprint density at radius 3 is 2.11 bits per heavy atom. The number of hydrogen-bond donors (Lipinski definition) is 1. The minimum absolute atomic E-state index is 0.700. The normalized spacial score (nSPS) is 32.1. The molecule has 2 heterocycles. The number of nitrogens with zero attached hydrogens (tertiary/aromatic N) is 2. The summed E-state index contributed by atoms with van der Waals surface area (Å²) in [6.45, 7) is 13.2. The molecule has 0 saturated carbocycles. The van der Waals surface area contributed by atoms with Gasteiger partial charge in [-0.3, -0.25) is 5.43 Å². The fraction of sp³-hybridized carbons (Fsp3) is 1.00. The molecule has 2 saturated heterocycles. The number of piperidine rings is 2. The first-order chi connectivity index (χ1) is 9.06. The fourth-order valence-electron chi connectivity index (χ4n) is 3.65. The van der Waals surface area contributed by atoms with Gasteiger partial charge in [0.2, 0.25) is 0 Å². The number of likely N-dealkylation sites (tertiary alicyclic amines) is 1. The molecule has 0 aromatic heterocycles. The lowest BCUT2D eigenvalue weighted by Crippen LogP contribution is -2.57. The van der Waals surface area contributed by atoms with Crippen molar-refractivity contribution in [2.45, 2.75) is 77.9 Å². The average Bonchev–Trinajstić information content (AvgIpc) is 2.35. The molecular formula is C16H33N3. The minimum atomic E-state index is 0.700. The third kappa shape index (κ3) is 4.44. The van der Waals surface area contributed by atoms with Gasteiger partial charge >= 0.3 is 0 Å². The van der Waals surface area contributed by atoms with E-state index in [0.717, 1.165) is 5.92 Å². The molecule has 2 rings (SSSR count). The standard InChI is InChI=1S/C16H33N3/c1-13(2)12-18-10-8-16(9-11-18)17-19-14(3)6-5-7-15(19)4/h13-17H,5-12H2,1-4H3. The fourth-order valence-corrected chi connectivity index (χ4v) is 3.65. The van der Waals surface area contributed by atoms with E-state index in [9.17, 15) is 0 Å². The summed E-state index contributed by atoms with van der Waals surface area (Å²) < 4.78 is 0.